The lowest BCUT2D eigenvalue weighted by atomic mass is 10.1. The number of anilines is 1. The van der Waals surface area contributed by atoms with E-state index in [1.807, 2.05) is 0 Å². The molecule has 1 heterocycles. The van der Waals surface area contributed by atoms with Crippen LogP contribution in [0.4, 0.5) is 18.9 Å². The van der Waals surface area contributed by atoms with Crippen LogP contribution in [0.2, 0.25) is 0 Å². The highest BCUT2D eigenvalue weighted by atomic mass is 32.1. The SMILES string of the molecule is COCCNC(=S)Nc1cnn(Cc2cccc(C(F)(F)F)c2)c1. The smallest absolute Gasteiger partial charge is 0.383 e. The molecule has 1 aromatic heterocycles. The molecule has 0 bridgehead atoms. The summed E-state index contributed by atoms with van der Waals surface area (Å²) in [5.41, 5.74) is 0.492. The summed E-state index contributed by atoms with van der Waals surface area (Å²) in [5.74, 6) is 0. The van der Waals surface area contributed by atoms with Crippen LogP contribution in [0.15, 0.2) is 36.7 Å². The number of hydrogen-bond donors (Lipinski definition) is 2. The van der Waals surface area contributed by atoms with Crippen molar-refractivity contribution in [1.82, 2.24) is 15.1 Å². The molecule has 0 aliphatic carbocycles. The Labute approximate surface area is 142 Å². The van der Waals surface area contributed by atoms with Crippen molar-refractivity contribution in [2.24, 2.45) is 0 Å². The van der Waals surface area contributed by atoms with Crippen LogP contribution in [-0.2, 0) is 17.5 Å². The summed E-state index contributed by atoms with van der Waals surface area (Å²) in [5, 5.41) is 10.4. The van der Waals surface area contributed by atoms with Crippen LogP contribution >= 0.6 is 12.2 Å². The number of methoxy groups -OCH3 is 1. The molecule has 0 radical (unpaired) electrons. The van der Waals surface area contributed by atoms with E-state index < -0.39 is 11.7 Å². The third-order valence-corrected chi connectivity index (χ3v) is 3.33. The van der Waals surface area contributed by atoms with Crippen LogP contribution < -0.4 is 10.6 Å². The zero-order valence-electron chi connectivity index (χ0n) is 12.9. The summed E-state index contributed by atoms with van der Waals surface area (Å²) in [6, 6.07) is 5.17. The van der Waals surface area contributed by atoms with Gasteiger partial charge in [-0.1, -0.05) is 12.1 Å². The van der Waals surface area contributed by atoms with E-state index in [4.69, 9.17) is 17.0 Å². The highest BCUT2D eigenvalue weighted by Crippen LogP contribution is 2.29. The van der Waals surface area contributed by atoms with E-state index in [9.17, 15) is 13.2 Å². The molecule has 0 aliphatic heterocycles. The second-order valence-electron chi connectivity index (χ2n) is 5.00. The van der Waals surface area contributed by atoms with Crippen molar-refractivity contribution in [3.8, 4) is 0 Å². The molecular weight excluding hydrogens is 341 g/mol. The molecule has 24 heavy (non-hydrogen) atoms. The van der Waals surface area contributed by atoms with E-state index in [0.717, 1.165) is 12.1 Å². The van der Waals surface area contributed by atoms with Crippen LogP contribution in [0, 0.1) is 0 Å². The van der Waals surface area contributed by atoms with Gasteiger partial charge in [0.25, 0.3) is 0 Å². The minimum atomic E-state index is -4.35. The highest BCUT2D eigenvalue weighted by Gasteiger charge is 2.30. The molecule has 0 aliphatic rings. The number of aromatic nitrogens is 2. The molecule has 0 atom stereocenters. The first-order valence-corrected chi connectivity index (χ1v) is 7.51. The Hall–Kier alpha value is -2.13. The van der Waals surface area contributed by atoms with Gasteiger partial charge in [-0.25, -0.2) is 0 Å². The molecule has 0 saturated heterocycles. The summed E-state index contributed by atoms with van der Waals surface area (Å²) < 4.78 is 44.6. The first-order chi connectivity index (χ1) is 11.4. The molecule has 0 saturated carbocycles. The van der Waals surface area contributed by atoms with Crippen molar-refractivity contribution >= 4 is 23.0 Å². The minimum Gasteiger partial charge on any atom is -0.383 e. The van der Waals surface area contributed by atoms with Crippen molar-refractivity contribution in [3.05, 3.63) is 47.8 Å². The lowest BCUT2D eigenvalue weighted by Gasteiger charge is -2.09. The number of thiocarbonyl (C=S) groups is 1. The van der Waals surface area contributed by atoms with Crippen LogP contribution in [0.1, 0.15) is 11.1 Å². The van der Waals surface area contributed by atoms with E-state index >= 15 is 0 Å². The molecule has 2 N–H and O–H groups in total. The molecule has 2 aromatic rings. The number of ether oxygens (including phenoxy) is 1. The number of rotatable bonds is 6. The predicted octanol–water partition coefficient (Wildman–Crippen LogP) is 2.88. The van der Waals surface area contributed by atoms with Gasteiger partial charge >= 0.3 is 6.18 Å². The Bertz CT molecular complexity index is 687. The summed E-state index contributed by atoms with van der Waals surface area (Å²) in [6.45, 7) is 1.33. The first kappa shape index (κ1) is 18.2. The predicted molar refractivity (Wildman–Crippen MR) is 88.9 cm³/mol. The van der Waals surface area contributed by atoms with E-state index in [1.54, 1.807) is 25.6 Å². The zero-order chi connectivity index (χ0) is 17.6. The molecule has 9 heteroatoms. The molecule has 1 aromatic carbocycles. The van der Waals surface area contributed by atoms with Crippen molar-refractivity contribution < 1.29 is 17.9 Å². The lowest BCUT2D eigenvalue weighted by molar-refractivity contribution is -0.137. The number of hydrogen-bond acceptors (Lipinski definition) is 3. The number of alkyl halides is 3. The van der Waals surface area contributed by atoms with Crippen LogP contribution in [0.3, 0.4) is 0 Å². The summed E-state index contributed by atoms with van der Waals surface area (Å²) in [6.07, 6.45) is -1.13. The number of nitrogens with zero attached hydrogens (tertiary/aromatic N) is 2. The zero-order valence-corrected chi connectivity index (χ0v) is 13.7. The van der Waals surface area contributed by atoms with Crippen molar-refractivity contribution in [2.45, 2.75) is 12.7 Å². The number of halogens is 3. The topological polar surface area (TPSA) is 51.1 Å². The lowest BCUT2D eigenvalue weighted by Crippen LogP contribution is -2.30. The molecule has 0 spiro atoms. The minimum absolute atomic E-state index is 0.232. The molecule has 0 fully saturated rings. The molecule has 2 rings (SSSR count). The number of nitrogens with one attached hydrogen (secondary N) is 2. The van der Waals surface area contributed by atoms with Crippen LogP contribution in [-0.4, -0.2) is 35.2 Å². The van der Waals surface area contributed by atoms with Crippen molar-refractivity contribution in [1.29, 1.82) is 0 Å². The molecule has 0 amide bonds. The van der Waals surface area contributed by atoms with E-state index in [1.165, 1.54) is 10.7 Å². The Morgan fingerprint density at radius 2 is 2.17 bits per heavy atom. The van der Waals surface area contributed by atoms with Gasteiger partial charge in [0.1, 0.15) is 0 Å². The van der Waals surface area contributed by atoms with Gasteiger partial charge in [-0.15, -0.1) is 0 Å². The van der Waals surface area contributed by atoms with Gasteiger partial charge in [0.2, 0.25) is 0 Å². The monoisotopic (exact) mass is 358 g/mol. The maximum atomic E-state index is 12.7. The van der Waals surface area contributed by atoms with E-state index in [2.05, 4.69) is 15.7 Å². The average Bonchev–Trinajstić information content (AvgIpc) is 2.94. The van der Waals surface area contributed by atoms with Gasteiger partial charge < -0.3 is 15.4 Å². The average molecular weight is 358 g/mol. The van der Waals surface area contributed by atoms with Gasteiger partial charge in [0.15, 0.2) is 5.11 Å². The number of benzene rings is 1. The molecule has 130 valence electrons. The summed E-state index contributed by atoms with van der Waals surface area (Å²) >= 11 is 5.11. The van der Waals surface area contributed by atoms with Crippen LogP contribution in [0.5, 0.6) is 0 Å². The standard InChI is InChI=1S/C15H17F3N4OS/c1-23-6-5-19-14(24)21-13-8-20-22(10-13)9-11-3-2-4-12(7-11)15(16,17)18/h2-4,7-8,10H,5-6,9H2,1H3,(H2,19,21,24). The third-order valence-electron chi connectivity index (χ3n) is 3.08. The van der Waals surface area contributed by atoms with Crippen LogP contribution in [0.25, 0.3) is 0 Å². The Kier molecular flexibility index (Phi) is 6.16. The van der Waals surface area contributed by atoms with Gasteiger partial charge in [-0.2, -0.15) is 18.3 Å². The molecular formula is C15H17F3N4OS. The molecule has 0 unspecified atom stereocenters. The first-order valence-electron chi connectivity index (χ1n) is 7.11. The van der Waals surface area contributed by atoms with E-state index in [-0.39, 0.29) is 6.54 Å². The van der Waals surface area contributed by atoms with Crippen molar-refractivity contribution in [3.63, 3.8) is 0 Å². The normalized spacial score (nSPS) is 11.3. The van der Waals surface area contributed by atoms with Gasteiger partial charge in [-0.05, 0) is 29.9 Å². The fourth-order valence-corrected chi connectivity index (χ4v) is 2.21. The maximum Gasteiger partial charge on any atom is 0.416 e. The molecule has 5 nitrogen and oxygen atoms in total. The third kappa shape index (κ3) is 5.50. The highest BCUT2D eigenvalue weighted by molar-refractivity contribution is 7.80. The van der Waals surface area contributed by atoms with E-state index in [0.29, 0.717) is 29.5 Å². The Balaban J connectivity index is 1.95. The summed E-state index contributed by atoms with van der Waals surface area (Å²) in [7, 11) is 1.59. The fourth-order valence-electron chi connectivity index (χ4n) is 1.99. The van der Waals surface area contributed by atoms with Gasteiger partial charge in [0.05, 0.1) is 30.6 Å². The largest absolute Gasteiger partial charge is 0.416 e. The summed E-state index contributed by atoms with van der Waals surface area (Å²) in [4.78, 5) is 0. The van der Waals surface area contributed by atoms with Gasteiger partial charge in [-0.3, -0.25) is 4.68 Å². The van der Waals surface area contributed by atoms with Crippen molar-refractivity contribution in [2.75, 3.05) is 25.6 Å². The Morgan fingerprint density at radius 3 is 2.88 bits per heavy atom. The Morgan fingerprint density at radius 1 is 1.38 bits per heavy atom. The fraction of sp³-hybridized carbons (Fsp3) is 0.333. The second kappa shape index (κ2) is 8.11. The second-order valence-corrected chi connectivity index (χ2v) is 5.41. The van der Waals surface area contributed by atoms with Gasteiger partial charge in [0, 0.05) is 19.9 Å². The quantitative estimate of drug-likeness (QED) is 0.614. The maximum absolute atomic E-state index is 12.7.